The molecule has 3 nitrogen and oxygen atoms in total. The number of amides is 1. The average Bonchev–Trinajstić information content (AvgIpc) is 2.97. The summed E-state index contributed by atoms with van der Waals surface area (Å²) in [7, 11) is 1.96. The number of aromatic nitrogens is 1. The number of benzene rings is 1. The molecule has 5 heteroatoms. The molecule has 0 saturated carbocycles. The van der Waals surface area contributed by atoms with E-state index in [2.05, 4.69) is 6.07 Å². The largest absolute Gasteiger partial charge is 0.351 e. The van der Waals surface area contributed by atoms with Gasteiger partial charge in [-0.25, -0.2) is 0 Å². The van der Waals surface area contributed by atoms with Gasteiger partial charge in [-0.15, -0.1) is 0 Å². The highest BCUT2D eigenvalue weighted by Crippen LogP contribution is 2.37. The Kier molecular flexibility index (Phi) is 3.93. The van der Waals surface area contributed by atoms with Crippen molar-refractivity contribution < 1.29 is 4.79 Å². The molecule has 3 rings (SSSR count). The van der Waals surface area contributed by atoms with Gasteiger partial charge in [-0.3, -0.25) is 9.69 Å². The summed E-state index contributed by atoms with van der Waals surface area (Å²) in [5.41, 5.74) is 4.08. The van der Waals surface area contributed by atoms with Crippen molar-refractivity contribution in [3.8, 4) is 0 Å². The lowest BCUT2D eigenvalue weighted by Gasteiger charge is -2.17. The van der Waals surface area contributed by atoms with Crippen LogP contribution in [0.2, 0.25) is 0 Å². The van der Waals surface area contributed by atoms with E-state index in [9.17, 15) is 4.79 Å². The van der Waals surface area contributed by atoms with Gasteiger partial charge in [0.25, 0.3) is 5.91 Å². The number of thiocarbonyl (C=S) groups is 1. The van der Waals surface area contributed by atoms with Crippen LogP contribution < -0.4 is 4.90 Å². The SMILES string of the molecule is Cc1ccc(N2C(=O)C(=Cc3cccn3C)SC2=S)c(C)c1. The summed E-state index contributed by atoms with van der Waals surface area (Å²) in [6, 6.07) is 9.96. The Hall–Kier alpha value is -1.85. The Morgan fingerprint density at radius 1 is 1.23 bits per heavy atom. The molecule has 0 aliphatic carbocycles. The molecule has 2 heterocycles. The van der Waals surface area contributed by atoms with E-state index in [4.69, 9.17) is 12.2 Å². The van der Waals surface area contributed by atoms with Crippen LogP contribution >= 0.6 is 24.0 Å². The molecule has 0 spiro atoms. The molecule has 1 saturated heterocycles. The molecule has 0 unspecified atom stereocenters. The molecule has 2 aromatic rings. The minimum atomic E-state index is -0.0526. The van der Waals surface area contributed by atoms with E-state index in [1.807, 2.05) is 62.0 Å². The molecule has 0 bridgehead atoms. The van der Waals surface area contributed by atoms with Crippen LogP contribution in [0.4, 0.5) is 5.69 Å². The summed E-state index contributed by atoms with van der Waals surface area (Å²) in [5.74, 6) is -0.0526. The molecule has 112 valence electrons. The zero-order valence-electron chi connectivity index (χ0n) is 12.7. The fourth-order valence-corrected chi connectivity index (χ4v) is 3.76. The van der Waals surface area contributed by atoms with Crippen LogP contribution in [0, 0.1) is 13.8 Å². The lowest BCUT2D eigenvalue weighted by Crippen LogP contribution is -2.28. The molecular weight excluding hydrogens is 312 g/mol. The molecule has 1 aliphatic heterocycles. The van der Waals surface area contributed by atoms with Gasteiger partial charge in [-0.05, 0) is 43.7 Å². The summed E-state index contributed by atoms with van der Waals surface area (Å²) < 4.78 is 2.56. The molecule has 22 heavy (non-hydrogen) atoms. The monoisotopic (exact) mass is 328 g/mol. The third-order valence-electron chi connectivity index (χ3n) is 3.65. The summed E-state index contributed by atoms with van der Waals surface area (Å²) in [4.78, 5) is 15.0. The Morgan fingerprint density at radius 3 is 2.64 bits per heavy atom. The Labute approximate surface area is 139 Å². The van der Waals surface area contributed by atoms with Crippen molar-refractivity contribution in [3.63, 3.8) is 0 Å². The van der Waals surface area contributed by atoms with Crippen LogP contribution in [0.25, 0.3) is 6.08 Å². The number of hydrogen-bond donors (Lipinski definition) is 0. The van der Waals surface area contributed by atoms with Crippen LogP contribution in [0.1, 0.15) is 16.8 Å². The molecule has 1 fully saturated rings. The summed E-state index contributed by atoms with van der Waals surface area (Å²) in [5, 5.41) is 0. The van der Waals surface area contributed by atoms with E-state index in [1.165, 1.54) is 17.3 Å². The lowest BCUT2D eigenvalue weighted by atomic mass is 10.1. The molecule has 1 aliphatic rings. The average molecular weight is 328 g/mol. The van der Waals surface area contributed by atoms with Crippen molar-refractivity contribution in [1.82, 2.24) is 4.57 Å². The number of anilines is 1. The summed E-state index contributed by atoms with van der Waals surface area (Å²) >= 11 is 6.77. The molecule has 0 atom stereocenters. The molecule has 1 amide bonds. The number of aryl methyl sites for hydroxylation is 3. The maximum absolute atomic E-state index is 12.7. The molecule has 0 N–H and O–H groups in total. The van der Waals surface area contributed by atoms with Gasteiger partial charge < -0.3 is 4.57 Å². The first kappa shape index (κ1) is 15.1. The number of rotatable bonds is 2. The third kappa shape index (κ3) is 2.62. The van der Waals surface area contributed by atoms with Crippen molar-refractivity contribution in [2.75, 3.05) is 4.90 Å². The molecular formula is C17H16N2OS2. The van der Waals surface area contributed by atoms with Gasteiger partial charge in [0.05, 0.1) is 10.6 Å². The fourth-order valence-electron chi connectivity index (χ4n) is 2.49. The van der Waals surface area contributed by atoms with E-state index >= 15 is 0 Å². The zero-order chi connectivity index (χ0) is 15.9. The summed E-state index contributed by atoms with van der Waals surface area (Å²) in [6.45, 7) is 4.04. The van der Waals surface area contributed by atoms with Crippen molar-refractivity contribution in [2.45, 2.75) is 13.8 Å². The number of carbonyl (C=O) groups is 1. The highest BCUT2D eigenvalue weighted by molar-refractivity contribution is 8.27. The van der Waals surface area contributed by atoms with Crippen LogP contribution in [0.5, 0.6) is 0 Å². The van der Waals surface area contributed by atoms with Gasteiger partial charge in [0.2, 0.25) is 0 Å². The first-order valence-electron chi connectivity index (χ1n) is 6.94. The Balaban J connectivity index is 1.98. The topological polar surface area (TPSA) is 25.2 Å². The van der Waals surface area contributed by atoms with Crippen LogP contribution in [0.15, 0.2) is 41.4 Å². The third-order valence-corrected chi connectivity index (χ3v) is 4.95. The maximum Gasteiger partial charge on any atom is 0.270 e. The second kappa shape index (κ2) is 5.74. The van der Waals surface area contributed by atoms with Gasteiger partial charge in [0.1, 0.15) is 0 Å². The Morgan fingerprint density at radius 2 is 2.00 bits per heavy atom. The van der Waals surface area contributed by atoms with Crippen molar-refractivity contribution in [3.05, 3.63) is 58.3 Å². The zero-order valence-corrected chi connectivity index (χ0v) is 14.3. The second-order valence-electron chi connectivity index (χ2n) is 5.35. The molecule has 1 aromatic heterocycles. The van der Waals surface area contributed by atoms with Crippen molar-refractivity contribution in [1.29, 1.82) is 0 Å². The van der Waals surface area contributed by atoms with E-state index in [1.54, 1.807) is 4.90 Å². The van der Waals surface area contributed by atoms with E-state index in [0.29, 0.717) is 9.23 Å². The number of nitrogens with zero attached hydrogens (tertiary/aromatic N) is 2. The van der Waals surface area contributed by atoms with Crippen LogP contribution in [-0.2, 0) is 11.8 Å². The predicted molar refractivity (Wildman–Crippen MR) is 97.0 cm³/mol. The van der Waals surface area contributed by atoms with Crippen molar-refractivity contribution in [2.24, 2.45) is 7.05 Å². The number of hydrogen-bond acceptors (Lipinski definition) is 3. The minimum Gasteiger partial charge on any atom is -0.351 e. The smallest absolute Gasteiger partial charge is 0.270 e. The lowest BCUT2D eigenvalue weighted by molar-refractivity contribution is -0.113. The van der Waals surface area contributed by atoms with Gasteiger partial charge in [-0.2, -0.15) is 0 Å². The van der Waals surface area contributed by atoms with Gasteiger partial charge in [-0.1, -0.05) is 41.7 Å². The Bertz CT molecular complexity index is 805. The second-order valence-corrected chi connectivity index (χ2v) is 7.03. The van der Waals surface area contributed by atoms with Crippen LogP contribution in [0.3, 0.4) is 0 Å². The first-order chi connectivity index (χ1) is 10.5. The van der Waals surface area contributed by atoms with Crippen LogP contribution in [-0.4, -0.2) is 14.8 Å². The van der Waals surface area contributed by atoms with E-state index in [-0.39, 0.29) is 5.91 Å². The normalized spacial score (nSPS) is 16.9. The number of thioether (sulfide) groups is 1. The van der Waals surface area contributed by atoms with E-state index < -0.39 is 0 Å². The molecule has 0 radical (unpaired) electrons. The highest BCUT2D eigenvalue weighted by atomic mass is 32.2. The fraction of sp³-hybridized carbons (Fsp3) is 0.176. The quantitative estimate of drug-likeness (QED) is 0.614. The molecule has 1 aromatic carbocycles. The summed E-state index contributed by atoms with van der Waals surface area (Å²) in [6.07, 6.45) is 3.85. The van der Waals surface area contributed by atoms with E-state index in [0.717, 1.165) is 16.9 Å². The maximum atomic E-state index is 12.7. The first-order valence-corrected chi connectivity index (χ1v) is 8.16. The van der Waals surface area contributed by atoms with Gasteiger partial charge in [0, 0.05) is 18.9 Å². The number of carbonyl (C=O) groups excluding carboxylic acids is 1. The standard InChI is InChI=1S/C17H16N2OS2/c1-11-6-7-14(12(2)9-11)19-16(20)15(22-17(19)21)10-13-5-4-8-18(13)3/h4-10H,1-3H3. The predicted octanol–water partition coefficient (Wildman–Crippen LogP) is 4.05. The minimum absolute atomic E-state index is 0.0526. The van der Waals surface area contributed by atoms with Crippen molar-refractivity contribution >= 4 is 46.0 Å². The van der Waals surface area contributed by atoms with Gasteiger partial charge >= 0.3 is 0 Å². The van der Waals surface area contributed by atoms with Gasteiger partial charge in [0.15, 0.2) is 4.32 Å². The highest BCUT2D eigenvalue weighted by Gasteiger charge is 2.34.